The zero-order valence-electron chi connectivity index (χ0n) is 10.6. The SMILES string of the molecule is CCOC(=O)c1nnc([C@@H](N)Cc2ccccc2)o1. The Kier molecular flexibility index (Phi) is 4.25. The third kappa shape index (κ3) is 3.38. The standard InChI is InChI=1S/C13H15N3O3/c1-2-18-13(17)12-16-15-11(19-12)10(14)8-9-6-4-3-5-7-9/h3-7,10H,2,8,14H2,1H3/t10-/m0/s1. The summed E-state index contributed by atoms with van der Waals surface area (Å²) in [6, 6.07) is 9.27. The molecule has 0 saturated carbocycles. The number of carbonyl (C=O) groups is 1. The molecule has 2 rings (SSSR count). The molecule has 1 aromatic heterocycles. The van der Waals surface area contributed by atoms with Crippen molar-refractivity contribution in [1.82, 2.24) is 10.2 Å². The van der Waals surface area contributed by atoms with Crippen LogP contribution in [0.3, 0.4) is 0 Å². The molecule has 2 aromatic rings. The van der Waals surface area contributed by atoms with Crippen LogP contribution in [0.2, 0.25) is 0 Å². The lowest BCUT2D eigenvalue weighted by Crippen LogP contribution is -2.13. The highest BCUT2D eigenvalue weighted by Crippen LogP contribution is 2.15. The molecule has 0 spiro atoms. The van der Waals surface area contributed by atoms with Gasteiger partial charge in [-0.1, -0.05) is 30.3 Å². The Balaban J connectivity index is 2.04. The summed E-state index contributed by atoms with van der Waals surface area (Å²) in [4.78, 5) is 11.4. The minimum Gasteiger partial charge on any atom is -0.459 e. The average molecular weight is 261 g/mol. The number of esters is 1. The van der Waals surface area contributed by atoms with E-state index in [9.17, 15) is 4.79 Å². The summed E-state index contributed by atoms with van der Waals surface area (Å²) in [5.74, 6) is -0.569. The number of aromatic nitrogens is 2. The molecule has 2 N–H and O–H groups in total. The number of ether oxygens (including phenoxy) is 1. The van der Waals surface area contributed by atoms with Gasteiger partial charge in [-0.05, 0) is 18.9 Å². The van der Waals surface area contributed by atoms with Crippen molar-refractivity contribution in [3.63, 3.8) is 0 Å². The summed E-state index contributed by atoms with van der Waals surface area (Å²) in [7, 11) is 0. The van der Waals surface area contributed by atoms with E-state index < -0.39 is 12.0 Å². The molecule has 100 valence electrons. The molecule has 0 fully saturated rings. The molecule has 0 aliphatic carbocycles. The van der Waals surface area contributed by atoms with Gasteiger partial charge in [-0.25, -0.2) is 4.79 Å². The van der Waals surface area contributed by atoms with E-state index in [1.165, 1.54) is 0 Å². The van der Waals surface area contributed by atoms with Crippen molar-refractivity contribution in [3.05, 3.63) is 47.7 Å². The maximum Gasteiger partial charge on any atom is 0.396 e. The van der Waals surface area contributed by atoms with Crippen LogP contribution in [-0.2, 0) is 11.2 Å². The number of hydrogen-bond acceptors (Lipinski definition) is 6. The number of nitrogens with two attached hydrogens (primary N) is 1. The van der Waals surface area contributed by atoms with E-state index in [1.54, 1.807) is 6.92 Å². The van der Waals surface area contributed by atoms with E-state index in [2.05, 4.69) is 10.2 Å². The van der Waals surface area contributed by atoms with Gasteiger partial charge in [0.25, 0.3) is 0 Å². The molecule has 1 heterocycles. The third-order valence-electron chi connectivity index (χ3n) is 2.51. The van der Waals surface area contributed by atoms with E-state index in [0.29, 0.717) is 6.42 Å². The van der Waals surface area contributed by atoms with Crippen molar-refractivity contribution >= 4 is 5.97 Å². The van der Waals surface area contributed by atoms with Crippen molar-refractivity contribution in [2.45, 2.75) is 19.4 Å². The fraction of sp³-hybridized carbons (Fsp3) is 0.308. The van der Waals surface area contributed by atoms with Crippen LogP contribution in [0.25, 0.3) is 0 Å². The van der Waals surface area contributed by atoms with E-state index >= 15 is 0 Å². The summed E-state index contributed by atoms with van der Waals surface area (Å²) < 4.78 is 9.97. The van der Waals surface area contributed by atoms with Gasteiger partial charge in [-0.2, -0.15) is 0 Å². The second kappa shape index (κ2) is 6.10. The number of benzene rings is 1. The molecule has 0 bridgehead atoms. The predicted octanol–water partition coefficient (Wildman–Crippen LogP) is 1.49. The lowest BCUT2D eigenvalue weighted by molar-refractivity contribution is 0.0478. The molecule has 1 atom stereocenters. The molecule has 6 heteroatoms. The van der Waals surface area contributed by atoms with Gasteiger partial charge in [0, 0.05) is 0 Å². The number of hydrogen-bond donors (Lipinski definition) is 1. The molecule has 0 amide bonds. The highest BCUT2D eigenvalue weighted by Gasteiger charge is 2.19. The van der Waals surface area contributed by atoms with Crippen LogP contribution in [0.1, 0.15) is 35.1 Å². The van der Waals surface area contributed by atoms with E-state index in [4.69, 9.17) is 14.9 Å². The van der Waals surface area contributed by atoms with Crippen LogP contribution >= 0.6 is 0 Å². The van der Waals surface area contributed by atoms with Gasteiger partial charge in [-0.3, -0.25) is 0 Å². The van der Waals surface area contributed by atoms with Crippen LogP contribution in [0.4, 0.5) is 0 Å². The summed E-state index contributed by atoms with van der Waals surface area (Å²) in [6.45, 7) is 1.96. The summed E-state index contributed by atoms with van der Waals surface area (Å²) in [6.07, 6.45) is 0.561. The number of rotatable bonds is 5. The second-order valence-electron chi connectivity index (χ2n) is 3.96. The molecule has 0 unspecified atom stereocenters. The van der Waals surface area contributed by atoms with Crippen molar-refractivity contribution in [1.29, 1.82) is 0 Å². The zero-order valence-corrected chi connectivity index (χ0v) is 10.6. The zero-order chi connectivity index (χ0) is 13.7. The molecule has 6 nitrogen and oxygen atoms in total. The maximum atomic E-state index is 11.4. The number of nitrogens with zero attached hydrogens (tertiary/aromatic N) is 2. The second-order valence-corrected chi connectivity index (χ2v) is 3.96. The van der Waals surface area contributed by atoms with Gasteiger partial charge in [0.2, 0.25) is 5.89 Å². The van der Waals surface area contributed by atoms with Crippen LogP contribution in [0.15, 0.2) is 34.7 Å². The first-order chi connectivity index (χ1) is 9.20. The van der Waals surface area contributed by atoms with Gasteiger partial charge in [0.1, 0.15) is 0 Å². The van der Waals surface area contributed by atoms with Gasteiger partial charge >= 0.3 is 11.9 Å². The smallest absolute Gasteiger partial charge is 0.396 e. The number of carbonyl (C=O) groups excluding carboxylic acids is 1. The molecule has 0 aliphatic heterocycles. The van der Waals surface area contributed by atoms with Crippen molar-refractivity contribution in [2.75, 3.05) is 6.61 Å². The minimum absolute atomic E-state index is 0.166. The Morgan fingerprint density at radius 1 is 1.37 bits per heavy atom. The Hall–Kier alpha value is -2.21. The van der Waals surface area contributed by atoms with E-state index in [-0.39, 0.29) is 18.4 Å². The molecule has 0 aliphatic rings. The lowest BCUT2D eigenvalue weighted by Gasteiger charge is -2.06. The van der Waals surface area contributed by atoms with Crippen molar-refractivity contribution in [2.24, 2.45) is 5.73 Å². The molecule has 0 saturated heterocycles. The van der Waals surface area contributed by atoms with Crippen LogP contribution < -0.4 is 5.73 Å². The topological polar surface area (TPSA) is 91.2 Å². The molecular weight excluding hydrogens is 246 g/mol. The fourth-order valence-electron chi connectivity index (χ4n) is 1.62. The van der Waals surface area contributed by atoms with Gasteiger partial charge in [0.05, 0.1) is 12.6 Å². The Bertz CT molecular complexity index is 539. The van der Waals surface area contributed by atoms with Crippen molar-refractivity contribution in [3.8, 4) is 0 Å². The first-order valence-electron chi connectivity index (χ1n) is 6.00. The van der Waals surface area contributed by atoms with E-state index in [1.807, 2.05) is 30.3 Å². The summed E-state index contributed by atoms with van der Waals surface area (Å²) >= 11 is 0. The van der Waals surface area contributed by atoms with Crippen molar-refractivity contribution < 1.29 is 13.9 Å². The minimum atomic E-state index is -0.631. The largest absolute Gasteiger partial charge is 0.459 e. The summed E-state index contributed by atoms with van der Waals surface area (Å²) in [5, 5.41) is 7.40. The van der Waals surface area contributed by atoms with Crippen LogP contribution in [0.5, 0.6) is 0 Å². The van der Waals surface area contributed by atoms with Gasteiger partial charge in [-0.15, -0.1) is 10.2 Å². The Labute approximate surface area is 110 Å². The molecule has 19 heavy (non-hydrogen) atoms. The van der Waals surface area contributed by atoms with Crippen LogP contribution in [0, 0.1) is 0 Å². The average Bonchev–Trinajstić information content (AvgIpc) is 2.90. The highest BCUT2D eigenvalue weighted by atomic mass is 16.5. The van der Waals surface area contributed by atoms with Gasteiger partial charge in [0.15, 0.2) is 0 Å². The molecular formula is C13H15N3O3. The van der Waals surface area contributed by atoms with E-state index in [0.717, 1.165) is 5.56 Å². The lowest BCUT2D eigenvalue weighted by atomic mass is 10.1. The Morgan fingerprint density at radius 2 is 2.11 bits per heavy atom. The monoisotopic (exact) mass is 261 g/mol. The Morgan fingerprint density at radius 3 is 2.79 bits per heavy atom. The fourth-order valence-corrected chi connectivity index (χ4v) is 1.62. The normalized spacial score (nSPS) is 12.1. The van der Waals surface area contributed by atoms with Crippen LogP contribution in [-0.4, -0.2) is 22.8 Å². The molecule has 1 aromatic carbocycles. The highest BCUT2D eigenvalue weighted by molar-refractivity contribution is 5.83. The predicted molar refractivity (Wildman–Crippen MR) is 67.3 cm³/mol. The first kappa shape index (κ1) is 13.2. The maximum absolute atomic E-state index is 11.4. The third-order valence-corrected chi connectivity index (χ3v) is 2.51. The van der Waals surface area contributed by atoms with Gasteiger partial charge < -0.3 is 14.9 Å². The molecule has 0 radical (unpaired) electrons. The first-order valence-corrected chi connectivity index (χ1v) is 6.00. The quantitative estimate of drug-likeness (QED) is 0.820. The summed E-state index contributed by atoms with van der Waals surface area (Å²) in [5.41, 5.74) is 7.03.